The molecule has 126 valence electrons. The molecule has 0 heterocycles. The molecule has 4 nitrogen and oxygen atoms in total. The van der Waals surface area contributed by atoms with Crippen molar-refractivity contribution in [1.29, 1.82) is 0 Å². The van der Waals surface area contributed by atoms with Gasteiger partial charge in [-0.3, -0.25) is 9.59 Å². The Balaban J connectivity index is 2.00. The lowest BCUT2D eigenvalue weighted by molar-refractivity contribution is -0.153. The molecule has 2 aromatic carbocycles. The summed E-state index contributed by atoms with van der Waals surface area (Å²) in [4.78, 5) is 22.9. The molecule has 0 aliphatic carbocycles. The predicted octanol–water partition coefficient (Wildman–Crippen LogP) is 3.96. The average molecular weight is 326 g/mol. The van der Waals surface area contributed by atoms with Crippen LogP contribution in [-0.2, 0) is 22.6 Å². The van der Waals surface area contributed by atoms with Gasteiger partial charge in [0.2, 0.25) is 0 Å². The van der Waals surface area contributed by atoms with Crippen LogP contribution in [0.2, 0.25) is 0 Å². The molecule has 0 saturated carbocycles. The van der Waals surface area contributed by atoms with E-state index in [2.05, 4.69) is 0 Å². The predicted molar refractivity (Wildman–Crippen MR) is 92.2 cm³/mol. The fourth-order valence-corrected chi connectivity index (χ4v) is 2.24. The maximum absolute atomic E-state index is 11.9. The number of aldehydes is 1. The first-order valence-corrected chi connectivity index (χ1v) is 7.84. The first kappa shape index (κ1) is 17.7. The fraction of sp³-hybridized carbons (Fsp3) is 0.300. The van der Waals surface area contributed by atoms with Gasteiger partial charge in [0.05, 0.1) is 12.0 Å². The Morgan fingerprint density at radius 3 is 2.46 bits per heavy atom. The normalized spacial score (nSPS) is 11.0. The molecule has 24 heavy (non-hydrogen) atoms. The van der Waals surface area contributed by atoms with E-state index in [1.165, 1.54) is 0 Å². The number of ether oxygens (including phenoxy) is 2. The van der Waals surface area contributed by atoms with E-state index >= 15 is 0 Å². The summed E-state index contributed by atoms with van der Waals surface area (Å²) in [5, 5.41) is 0. The maximum atomic E-state index is 11.9. The van der Waals surface area contributed by atoms with Gasteiger partial charge in [-0.15, -0.1) is 0 Å². The van der Waals surface area contributed by atoms with Crippen LogP contribution in [-0.4, -0.2) is 17.9 Å². The standard InChI is InChI=1S/C20H22O4/c1-20(2,3)24-19(22)12-15-7-6-8-16(11-15)14-23-18-10-5-4-9-17(18)13-21/h4-11,13H,12,14H2,1-3H3. The van der Waals surface area contributed by atoms with Gasteiger partial charge in [-0.25, -0.2) is 0 Å². The van der Waals surface area contributed by atoms with Gasteiger partial charge in [0.15, 0.2) is 6.29 Å². The van der Waals surface area contributed by atoms with E-state index in [1.54, 1.807) is 18.2 Å². The third-order valence-electron chi connectivity index (χ3n) is 3.20. The molecule has 2 rings (SSSR count). The Bertz CT molecular complexity index is 714. The lowest BCUT2D eigenvalue weighted by Gasteiger charge is -2.19. The van der Waals surface area contributed by atoms with Crippen molar-refractivity contribution < 1.29 is 19.1 Å². The zero-order chi connectivity index (χ0) is 17.6. The number of carbonyl (C=O) groups excluding carboxylic acids is 2. The molecule has 0 N–H and O–H groups in total. The van der Waals surface area contributed by atoms with Crippen molar-refractivity contribution in [3.8, 4) is 5.75 Å². The van der Waals surface area contributed by atoms with Crippen LogP contribution in [0.15, 0.2) is 48.5 Å². The zero-order valence-corrected chi connectivity index (χ0v) is 14.2. The van der Waals surface area contributed by atoms with Crippen LogP contribution in [0, 0.1) is 0 Å². The summed E-state index contributed by atoms with van der Waals surface area (Å²) >= 11 is 0. The molecule has 0 aliphatic heterocycles. The molecule has 0 fully saturated rings. The van der Waals surface area contributed by atoms with Gasteiger partial charge in [-0.2, -0.15) is 0 Å². The number of esters is 1. The Kier molecular flexibility index (Phi) is 5.74. The largest absolute Gasteiger partial charge is 0.488 e. The number of rotatable bonds is 6. The van der Waals surface area contributed by atoms with E-state index in [0.29, 0.717) is 17.9 Å². The van der Waals surface area contributed by atoms with Gasteiger partial charge in [0.1, 0.15) is 18.0 Å². The highest BCUT2D eigenvalue weighted by molar-refractivity contribution is 5.79. The summed E-state index contributed by atoms with van der Waals surface area (Å²) in [5.74, 6) is 0.289. The van der Waals surface area contributed by atoms with E-state index in [1.807, 2.05) is 51.1 Å². The van der Waals surface area contributed by atoms with Crippen LogP contribution < -0.4 is 4.74 Å². The fourth-order valence-electron chi connectivity index (χ4n) is 2.24. The Hall–Kier alpha value is -2.62. The molecule has 0 unspecified atom stereocenters. The van der Waals surface area contributed by atoms with Crippen LogP contribution in [0.1, 0.15) is 42.3 Å². The van der Waals surface area contributed by atoms with Crippen molar-refractivity contribution in [3.63, 3.8) is 0 Å². The second-order valence-corrected chi connectivity index (χ2v) is 6.53. The number of para-hydroxylation sites is 1. The van der Waals surface area contributed by atoms with Crippen LogP contribution in [0.4, 0.5) is 0 Å². The van der Waals surface area contributed by atoms with Crippen LogP contribution in [0.3, 0.4) is 0 Å². The molecule has 0 spiro atoms. The van der Waals surface area contributed by atoms with Crippen LogP contribution in [0.5, 0.6) is 5.75 Å². The summed E-state index contributed by atoms with van der Waals surface area (Å²) in [5.41, 5.74) is 1.82. The third kappa shape index (κ3) is 5.54. The average Bonchev–Trinajstić information content (AvgIpc) is 2.51. The van der Waals surface area contributed by atoms with Gasteiger partial charge < -0.3 is 9.47 Å². The summed E-state index contributed by atoms with van der Waals surface area (Å²) < 4.78 is 11.0. The number of hydrogen-bond acceptors (Lipinski definition) is 4. The summed E-state index contributed by atoms with van der Waals surface area (Å²) in [6.07, 6.45) is 0.990. The lowest BCUT2D eigenvalue weighted by atomic mass is 10.1. The van der Waals surface area contributed by atoms with Crippen molar-refractivity contribution in [2.75, 3.05) is 0 Å². The highest BCUT2D eigenvalue weighted by Crippen LogP contribution is 2.18. The smallest absolute Gasteiger partial charge is 0.310 e. The quantitative estimate of drug-likeness (QED) is 0.595. The SMILES string of the molecule is CC(C)(C)OC(=O)Cc1cccc(COc2ccccc2C=O)c1. The molecule has 4 heteroatoms. The van der Waals surface area contributed by atoms with Gasteiger partial charge in [0.25, 0.3) is 0 Å². The Morgan fingerprint density at radius 1 is 1.04 bits per heavy atom. The lowest BCUT2D eigenvalue weighted by Crippen LogP contribution is -2.24. The van der Waals surface area contributed by atoms with Gasteiger partial charge in [-0.05, 0) is 44.0 Å². The zero-order valence-electron chi connectivity index (χ0n) is 14.2. The molecule has 0 aromatic heterocycles. The molecule has 0 radical (unpaired) electrons. The van der Waals surface area contributed by atoms with Crippen LogP contribution in [0.25, 0.3) is 0 Å². The Labute approximate surface area is 142 Å². The second-order valence-electron chi connectivity index (χ2n) is 6.53. The van der Waals surface area contributed by atoms with Crippen molar-refractivity contribution in [3.05, 3.63) is 65.2 Å². The maximum Gasteiger partial charge on any atom is 0.310 e. The first-order chi connectivity index (χ1) is 11.4. The van der Waals surface area contributed by atoms with E-state index < -0.39 is 5.60 Å². The van der Waals surface area contributed by atoms with Crippen molar-refractivity contribution >= 4 is 12.3 Å². The molecule has 0 atom stereocenters. The summed E-state index contributed by atoms with van der Waals surface area (Å²) in [7, 11) is 0. The third-order valence-corrected chi connectivity index (χ3v) is 3.20. The first-order valence-electron chi connectivity index (χ1n) is 7.84. The highest BCUT2D eigenvalue weighted by atomic mass is 16.6. The molecule has 0 aliphatic rings. The van der Waals surface area contributed by atoms with Gasteiger partial charge in [0, 0.05) is 0 Å². The van der Waals surface area contributed by atoms with E-state index in [-0.39, 0.29) is 12.4 Å². The van der Waals surface area contributed by atoms with E-state index in [0.717, 1.165) is 17.4 Å². The summed E-state index contributed by atoms with van der Waals surface area (Å²) in [6, 6.07) is 14.7. The molecule has 2 aromatic rings. The highest BCUT2D eigenvalue weighted by Gasteiger charge is 2.16. The van der Waals surface area contributed by atoms with Crippen molar-refractivity contribution in [2.45, 2.75) is 39.4 Å². The van der Waals surface area contributed by atoms with Crippen molar-refractivity contribution in [1.82, 2.24) is 0 Å². The minimum Gasteiger partial charge on any atom is -0.488 e. The minimum atomic E-state index is -0.490. The number of benzene rings is 2. The van der Waals surface area contributed by atoms with Crippen LogP contribution >= 0.6 is 0 Å². The Morgan fingerprint density at radius 2 is 1.75 bits per heavy atom. The van der Waals surface area contributed by atoms with E-state index in [4.69, 9.17) is 9.47 Å². The molecule has 0 bridgehead atoms. The molecular formula is C20H22O4. The van der Waals surface area contributed by atoms with Gasteiger partial charge >= 0.3 is 5.97 Å². The van der Waals surface area contributed by atoms with E-state index in [9.17, 15) is 9.59 Å². The number of carbonyl (C=O) groups is 2. The molecule has 0 saturated heterocycles. The molecule has 0 amide bonds. The van der Waals surface area contributed by atoms with Crippen molar-refractivity contribution in [2.24, 2.45) is 0 Å². The summed E-state index contributed by atoms with van der Waals surface area (Å²) in [6.45, 7) is 5.87. The number of hydrogen-bond donors (Lipinski definition) is 0. The second kappa shape index (κ2) is 7.77. The van der Waals surface area contributed by atoms with Gasteiger partial charge in [-0.1, -0.05) is 36.4 Å². The minimum absolute atomic E-state index is 0.218. The topological polar surface area (TPSA) is 52.6 Å². The molecular weight excluding hydrogens is 304 g/mol. The monoisotopic (exact) mass is 326 g/mol.